The zero-order valence-corrected chi connectivity index (χ0v) is 5.55. The first-order valence-corrected chi connectivity index (χ1v) is 2.81. The van der Waals surface area contributed by atoms with Crippen LogP contribution in [0.2, 0.25) is 0 Å². The number of rotatable bonds is 1. The van der Waals surface area contributed by atoms with E-state index in [1.165, 1.54) is 7.11 Å². The monoisotopic (exact) mass is 134 g/mol. The van der Waals surface area contributed by atoms with Crippen LogP contribution in [0.1, 0.15) is 10.4 Å². The Kier molecular flexibility index (Phi) is 1.91. The molecule has 2 nitrogen and oxygen atoms in total. The number of esters is 1. The van der Waals surface area contributed by atoms with Crippen LogP contribution in [-0.2, 0) is 4.74 Å². The molecule has 0 aliphatic heterocycles. The minimum atomic E-state index is -0.378. The second-order valence-corrected chi connectivity index (χ2v) is 1.70. The Labute approximate surface area is 59.4 Å². The standard InChI is InChI=1S/C8H6O2/c1-10-8(9)7-5-3-2-4-6-7/h2-3,5H,1H3. The molecule has 0 aromatic heterocycles. The van der Waals surface area contributed by atoms with Gasteiger partial charge in [-0.3, -0.25) is 0 Å². The lowest BCUT2D eigenvalue weighted by atomic mass is 10.3. The van der Waals surface area contributed by atoms with Gasteiger partial charge in [-0.15, -0.1) is 0 Å². The number of hydrogen-bond acceptors (Lipinski definition) is 2. The van der Waals surface area contributed by atoms with Gasteiger partial charge in [0.05, 0.1) is 7.11 Å². The highest BCUT2D eigenvalue weighted by Gasteiger charge is 2.00. The van der Waals surface area contributed by atoms with Crippen LogP contribution in [0, 0.1) is 12.1 Å². The number of carbonyl (C=O) groups is 1. The first kappa shape index (κ1) is 6.63. The minimum absolute atomic E-state index is 0.378. The Balaban J connectivity index is 2.85. The third kappa shape index (κ3) is 1.26. The first-order valence-electron chi connectivity index (χ1n) is 2.81. The van der Waals surface area contributed by atoms with Gasteiger partial charge in [0.25, 0.3) is 0 Å². The van der Waals surface area contributed by atoms with Gasteiger partial charge >= 0.3 is 5.97 Å². The molecule has 0 amide bonds. The fraction of sp³-hybridized carbons (Fsp3) is 0.125. The van der Waals surface area contributed by atoms with Crippen molar-refractivity contribution in [2.24, 2.45) is 0 Å². The third-order valence-corrected chi connectivity index (χ3v) is 1.05. The summed E-state index contributed by atoms with van der Waals surface area (Å²) >= 11 is 0. The number of ether oxygens (including phenoxy) is 1. The molecule has 0 bridgehead atoms. The highest BCUT2D eigenvalue weighted by Crippen LogP contribution is 1.93. The van der Waals surface area contributed by atoms with Crippen LogP contribution in [0.3, 0.4) is 0 Å². The topological polar surface area (TPSA) is 26.3 Å². The summed E-state index contributed by atoms with van der Waals surface area (Å²) in [5, 5.41) is 0. The molecule has 0 aliphatic rings. The maximum absolute atomic E-state index is 10.7. The largest absolute Gasteiger partial charge is 0.465 e. The zero-order chi connectivity index (χ0) is 7.40. The highest BCUT2D eigenvalue weighted by atomic mass is 16.5. The molecule has 0 fully saturated rings. The molecule has 0 atom stereocenters. The number of carbonyl (C=O) groups excluding carboxylic acids is 1. The van der Waals surface area contributed by atoms with Crippen molar-refractivity contribution in [3.63, 3.8) is 0 Å². The highest BCUT2D eigenvalue weighted by molar-refractivity contribution is 5.88. The molecular formula is C8H6O2. The van der Waals surface area contributed by atoms with Gasteiger partial charge in [0.1, 0.15) is 5.56 Å². The summed E-state index contributed by atoms with van der Waals surface area (Å²) in [5.74, 6) is -0.378. The molecule has 0 radical (unpaired) electrons. The van der Waals surface area contributed by atoms with Crippen molar-refractivity contribution >= 4 is 5.97 Å². The summed E-state index contributed by atoms with van der Waals surface area (Å²) in [7, 11) is 1.34. The second kappa shape index (κ2) is 2.88. The quantitative estimate of drug-likeness (QED) is 0.537. The number of hydrogen-bond donors (Lipinski definition) is 0. The molecule has 2 heteroatoms. The summed E-state index contributed by atoms with van der Waals surface area (Å²) in [6.07, 6.45) is 0. The molecule has 0 aliphatic carbocycles. The molecule has 0 N–H and O–H groups in total. The van der Waals surface area contributed by atoms with E-state index in [0.29, 0.717) is 5.56 Å². The predicted octanol–water partition coefficient (Wildman–Crippen LogP) is 1.07. The molecule has 1 aromatic rings. The van der Waals surface area contributed by atoms with Crippen LogP contribution in [0.15, 0.2) is 18.2 Å². The molecule has 0 saturated carbocycles. The lowest BCUT2D eigenvalue weighted by molar-refractivity contribution is 0.0601. The van der Waals surface area contributed by atoms with Gasteiger partial charge in [-0.25, -0.2) is 4.79 Å². The summed E-state index contributed by atoms with van der Waals surface area (Å²) in [6.45, 7) is 0. The van der Waals surface area contributed by atoms with Gasteiger partial charge < -0.3 is 4.74 Å². The second-order valence-electron chi connectivity index (χ2n) is 1.70. The van der Waals surface area contributed by atoms with E-state index >= 15 is 0 Å². The smallest absolute Gasteiger partial charge is 0.346 e. The first-order chi connectivity index (χ1) is 4.84. The Hall–Kier alpha value is -1.49. The minimum Gasteiger partial charge on any atom is -0.465 e. The summed E-state index contributed by atoms with van der Waals surface area (Å²) in [5.41, 5.74) is 0.407. The Morgan fingerprint density at radius 2 is 2.50 bits per heavy atom. The van der Waals surface area contributed by atoms with Gasteiger partial charge in [0, 0.05) is 0 Å². The molecule has 10 heavy (non-hydrogen) atoms. The Morgan fingerprint density at radius 1 is 1.70 bits per heavy atom. The summed E-state index contributed by atoms with van der Waals surface area (Å²) < 4.78 is 4.45. The van der Waals surface area contributed by atoms with Gasteiger partial charge in [0.15, 0.2) is 0 Å². The molecule has 1 rings (SSSR count). The van der Waals surface area contributed by atoms with Gasteiger partial charge in [0.2, 0.25) is 0 Å². The maximum Gasteiger partial charge on any atom is 0.346 e. The van der Waals surface area contributed by atoms with Gasteiger partial charge in [-0.2, -0.15) is 0 Å². The van der Waals surface area contributed by atoms with Crippen molar-refractivity contribution in [1.29, 1.82) is 0 Å². The average Bonchev–Trinajstić information content (AvgIpc) is 2.05. The summed E-state index contributed by atoms with van der Waals surface area (Å²) in [4.78, 5) is 10.7. The fourth-order valence-corrected chi connectivity index (χ4v) is 0.583. The van der Waals surface area contributed by atoms with E-state index < -0.39 is 0 Å². The molecule has 0 spiro atoms. The van der Waals surface area contributed by atoms with Crippen molar-refractivity contribution in [2.45, 2.75) is 0 Å². The van der Waals surface area contributed by atoms with Gasteiger partial charge in [-0.1, -0.05) is 18.2 Å². The predicted molar refractivity (Wildman–Crippen MR) is 35.5 cm³/mol. The van der Waals surface area contributed by atoms with Crippen molar-refractivity contribution < 1.29 is 9.53 Å². The fourth-order valence-electron chi connectivity index (χ4n) is 0.583. The van der Waals surface area contributed by atoms with Crippen molar-refractivity contribution in [3.05, 3.63) is 35.9 Å². The van der Waals surface area contributed by atoms with E-state index in [9.17, 15) is 4.79 Å². The normalized spacial score (nSPS) is 8.10. The summed E-state index contributed by atoms with van der Waals surface area (Å²) in [6, 6.07) is 10.3. The van der Waals surface area contributed by atoms with Crippen LogP contribution in [0.4, 0.5) is 0 Å². The Morgan fingerprint density at radius 3 is 3.00 bits per heavy atom. The van der Waals surface area contributed by atoms with Crippen molar-refractivity contribution in [3.8, 4) is 0 Å². The van der Waals surface area contributed by atoms with E-state index in [4.69, 9.17) is 0 Å². The van der Waals surface area contributed by atoms with E-state index in [1.807, 2.05) is 0 Å². The lowest BCUT2D eigenvalue weighted by Gasteiger charge is -1.92. The number of methoxy groups -OCH3 is 1. The van der Waals surface area contributed by atoms with Crippen LogP contribution < -0.4 is 0 Å². The molecule has 0 saturated heterocycles. The maximum atomic E-state index is 10.7. The van der Waals surface area contributed by atoms with Crippen molar-refractivity contribution in [2.75, 3.05) is 7.11 Å². The third-order valence-electron chi connectivity index (χ3n) is 1.05. The SMILES string of the molecule is COC(=O)c1c#cccc1. The molecule has 1 aromatic carbocycles. The van der Waals surface area contributed by atoms with E-state index in [1.54, 1.807) is 18.2 Å². The average molecular weight is 134 g/mol. The van der Waals surface area contributed by atoms with E-state index in [0.717, 1.165) is 0 Å². The van der Waals surface area contributed by atoms with E-state index in [-0.39, 0.29) is 5.97 Å². The van der Waals surface area contributed by atoms with Crippen LogP contribution in [-0.4, -0.2) is 13.1 Å². The molecular weight excluding hydrogens is 128 g/mol. The molecule has 50 valence electrons. The van der Waals surface area contributed by atoms with Gasteiger partial charge in [-0.05, 0) is 12.1 Å². The lowest BCUT2D eigenvalue weighted by Crippen LogP contribution is -1.98. The zero-order valence-electron chi connectivity index (χ0n) is 5.55. The van der Waals surface area contributed by atoms with Crippen LogP contribution in [0.25, 0.3) is 0 Å². The van der Waals surface area contributed by atoms with Crippen LogP contribution in [0.5, 0.6) is 0 Å². The molecule has 0 heterocycles. The Bertz CT molecular complexity index is 216. The molecule has 0 unspecified atom stereocenters. The van der Waals surface area contributed by atoms with Crippen molar-refractivity contribution in [1.82, 2.24) is 0 Å². The van der Waals surface area contributed by atoms with Crippen LogP contribution >= 0.6 is 0 Å². The van der Waals surface area contributed by atoms with E-state index in [2.05, 4.69) is 16.9 Å².